The van der Waals surface area contributed by atoms with Gasteiger partial charge >= 0.3 is 0 Å². The molecule has 0 aromatic carbocycles. The van der Waals surface area contributed by atoms with Gasteiger partial charge in [-0.15, -0.1) is 0 Å². The van der Waals surface area contributed by atoms with Crippen molar-refractivity contribution in [1.29, 1.82) is 0 Å². The number of rotatable bonds is 2. The molecule has 0 bridgehead atoms. The van der Waals surface area contributed by atoms with E-state index in [2.05, 4.69) is 14.9 Å². The Kier molecular flexibility index (Phi) is 3.62. The molecule has 2 saturated heterocycles. The highest BCUT2D eigenvalue weighted by molar-refractivity contribution is 5.92. The summed E-state index contributed by atoms with van der Waals surface area (Å²) in [7, 11) is 0. The average Bonchev–Trinajstić information content (AvgIpc) is 3.02. The van der Waals surface area contributed by atoms with Crippen molar-refractivity contribution in [3.8, 4) is 0 Å². The molecule has 0 atom stereocenters. The lowest BCUT2D eigenvalue weighted by Gasteiger charge is -2.26. The van der Waals surface area contributed by atoms with E-state index in [9.17, 15) is 4.79 Å². The second-order valence-electron chi connectivity index (χ2n) is 5.29. The number of hydrogen-bond donors (Lipinski definition) is 0. The summed E-state index contributed by atoms with van der Waals surface area (Å²) < 4.78 is 0. The first-order valence-electron chi connectivity index (χ1n) is 7.22. The number of piperidine rings is 1. The van der Waals surface area contributed by atoms with Gasteiger partial charge in [0.25, 0.3) is 5.91 Å². The van der Waals surface area contributed by atoms with Gasteiger partial charge in [-0.25, -0.2) is 9.97 Å². The van der Waals surface area contributed by atoms with Gasteiger partial charge in [-0.1, -0.05) is 0 Å². The van der Waals surface area contributed by atoms with E-state index in [0.29, 0.717) is 11.6 Å². The third-order valence-electron chi connectivity index (χ3n) is 3.89. The third-order valence-corrected chi connectivity index (χ3v) is 3.89. The normalized spacial score (nSPS) is 19.8. The number of hydrogen-bond acceptors (Lipinski definition) is 4. The minimum absolute atomic E-state index is 0.0539. The van der Waals surface area contributed by atoms with Gasteiger partial charge < -0.3 is 9.80 Å². The van der Waals surface area contributed by atoms with Crippen molar-refractivity contribution in [1.82, 2.24) is 14.9 Å². The zero-order chi connectivity index (χ0) is 13.1. The van der Waals surface area contributed by atoms with Crippen molar-refractivity contribution in [2.24, 2.45) is 0 Å². The fraction of sp³-hybridized carbons (Fsp3) is 0.643. The highest BCUT2D eigenvalue weighted by atomic mass is 16.2. The third kappa shape index (κ3) is 2.69. The van der Waals surface area contributed by atoms with Crippen LogP contribution in [0.1, 0.15) is 42.6 Å². The van der Waals surface area contributed by atoms with Crippen LogP contribution in [-0.4, -0.2) is 47.0 Å². The van der Waals surface area contributed by atoms with E-state index in [4.69, 9.17) is 0 Å². The van der Waals surface area contributed by atoms with Gasteiger partial charge in [0.1, 0.15) is 5.69 Å². The van der Waals surface area contributed by atoms with Crippen LogP contribution < -0.4 is 4.90 Å². The molecule has 0 radical (unpaired) electrons. The molecule has 2 aliphatic rings. The van der Waals surface area contributed by atoms with Crippen LogP contribution in [0.25, 0.3) is 0 Å². The van der Waals surface area contributed by atoms with E-state index >= 15 is 0 Å². The molecule has 102 valence electrons. The van der Waals surface area contributed by atoms with Crippen molar-refractivity contribution in [2.75, 3.05) is 31.1 Å². The number of carbonyl (C=O) groups excluding carboxylic acids is 1. The number of nitrogens with zero attached hydrogens (tertiary/aromatic N) is 4. The minimum atomic E-state index is 0.0539. The largest absolute Gasteiger partial charge is 0.341 e. The summed E-state index contributed by atoms with van der Waals surface area (Å²) in [6.45, 7) is 3.73. The Balaban J connectivity index is 1.76. The van der Waals surface area contributed by atoms with Crippen LogP contribution in [0.5, 0.6) is 0 Å². The highest BCUT2D eigenvalue weighted by Crippen LogP contribution is 2.17. The van der Waals surface area contributed by atoms with Gasteiger partial charge in [-0.3, -0.25) is 4.79 Å². The molecule has 0 N–H and O–H groups in total. The predicted molar refractivity (Wildman–Crippen MR) is 73.2 cm³/mol. The number of carbonyl (C=O) groups is 1. The van der Waals surface area contributed by atoms with E-state index in [0.717, 1.165) is 39.0 Å². The Bertz CT molecular complexity index is 451. The predicted octanol–water partition coefficient (Wildman–Crippen LogP) is 1.70. The molecule has 2 fully saturated rings. The van der Waals surface area contributed by atoms with Gasteiger partial charge in [0, 0.05) is 32.4 Å². The molecule has 0 spiro atoms. The topological polar surface area (TPSA) is 49.3 Å². The van der Waals surface area contributed by atoms with Gasteiger partial charge in [-0.05, 0) is 38.2 Å². The van der Waals surface area contributed by atoms with Crippen molar-refractivity contribution in [2.45, 2.75) is 32.1 Å². The summed E-state index contributed by atoms with van der Waals surface area (Å²) in [6.07, 6.45) is 7.58. The second kappa shape index (κ2) is 5.55. The Hall–Kier alpha value is -1.65. The summed E-state index contributed by atoms with van der Waals surface area (Å²) in [6, 6.07) is 1.73. The number of amides is 1. The van der Waals surface area contributed by atoms with E-state index < -0.39 is 0 Å². The molecule has 3 rings (SSSR count). The monoisotopic (exact) mass is 260 g/mol. The zero-order valence-corrected chi connectivity index (χ0v) is 11.2. The Morgan fingerprint density at radius 3 is 2.42 bits per heavy atom. The maximum Gasteiger partial charge on any atom is 0.272 e. The second-order valence-corrected chi connectivity index (χ2v) is 5.29. The standard InChI is InChI=1S/C14H20N4O/c19-13(17-8-4-5-9-17)12-6-7-15-14(16-12)18-10-2-1-3-11-18/h6-7H,1-5,8-11H2. The number of likely N-dealkylation sites (tertiary alicyclic amines) is 1. The summed E-state index contributed by atoms with van der Waals surface area (Å²) in [5.74, 6) is 0.767. The molecule has 5 nitrogen and oxygen atoms in total. The Morgan fingerprint density at radius 2 is 1.68 bits per heavy atom. The molecule has 5 heteroatoms. The molecule has 2 aliphatic heterocycles. The molecule has 1 aromatic rings. The first kappa shape index (κ1) is 12.4. The first-order chi connectivity index (χ1) is 9.34. The molecule has 1 amide bonds. The fourth-order valence-electron chi connectivity index (χ4n) is 2.80. The summed E-state index contributed by atoms with van der Waals surface area (Å²) in [5, 5.41) is 0. The Labute approximate surface area is 113 Å². The van der Waals surface area contributed by atoms with Crippen molar-refractivity contribution >= 4 is 11.9 Å². The van der Waals surface area contributed by atoms with Crippen LogP contribution in [-0.2, 0) is 0 Å². The molecule has 19 heavy (non-hydrogen) atoms. The highest BCUT2D eigenvalue weighted by Gasteiger charge is 2.22. The van der Waals surface area contributed by atoms with Crippen LogP contribution in [0.2, 0.25) is 0 Å². The molecule has 0 aliphatic carbocycles. The van der Waals surface area contributed by atoms with Crippen LogP contribution in [0.15, 0.2) is 12.3 Å². The van der Waals surface area contributed by atoms with E-state index in [1.807, 2.05) is 4.90 Å². The van der Waals surface area contributed by atoms with Crippen LogP contribution >= 0.6 is 0 Å². The minimum Gasteiger partial charge on any atom is -0.341 e. The van der Waals surface area contributed by atoms with E-state index in [1.54, 1.807) is 12.3 Å². The first-order valence-corrected chi connectivity index (χ1v) is 7.22. The maximum atomic E-state index is 12.3. The summed E-state index contributed by atoms with van der Waals surface area (Å²) in [5.41, 5.74) is 0.539. The van der Waals surface area contributed by atoms with Crippen LogP contribution in [0.3, 0.4) is 0 Å². The van der Waals surface area contributed by atoms with E-state index in [-0.39, 0.29) is 5.91 Å². The Morgan fingerprint density at radius 1 is 1.00 bits per heavy atom. The molecule has 0 unspecified atom stereocenters. The quantitative estimate of drug-likeness (QED) is 0.812. The summed E-state index contributed by atoms with van der Waals surface area (Å²) in [4.78, 5) is 25.2. The molecular weight excluding hydrogens is 240 g/mol. The van der Waals surface area contributed by atoms with Crippen LogP contribution in [0, 0.1) is 0 Å². The average molecular weight is 260 g/mol. The lowest BCUT2D eigenvalue weighted by atomic mass is 10.1. The maximum absolute atomic E-state index is 12.3. The number of anilines is 1. The molecule has 1 aromatic heterocycles. The SMILES string of the molecule is O=C(c1ccnc(N2CCCCC2)n1)N1CCCC1. The van der Waals surface area contributed by atoms with Gasteiger partial charge in [0.05, 0.1) is 0 Å². The number of aromatic nitrogens is 2. The van der Waals surface area contributed by atoms with E-state index in [1.165, 1.54) is 19.3 Å². The van der Waals surface area contributed by atoms with Crippen molar-refractivity contribution in [3.63, 3.8) is 0 Å². The summed E-state index contributed by atoms with van der Waals surface area (Å²) >= 11 is 0. The smallest absolute Gasteiger partial charge is 0.272 e. The van der Waals surface area contributed by atoms with Gasteiger partial charge in [0.2, 0.25) is 5.95 Å². The van der Waals surface area contributed by atoms with Crippen molar-refractivity contribution < 1.29 is 4.79 Å². The van der Waals surface area contributed by atoms with Crippen molar-refractivity contribution in [3.05, 3.63) is 18.0 Å². The van der Waals surface area contributed by atoms with Gasteiger partial charge in [-0.2, -0.15) is 0 Å². The van der Waals surface area contributed by atoms with Crippen LogP contribution in [0.4, 0.5) is 5.95 Å². The zero-order valence-electron chi connectivity index (χ0n) is 11.2. The lowest BCUT2D eigenvalue weighted by Crippen LogP contribution is -2.32. The molecule has 3 heterocycles. The molecular formula is C14H20N4O. The van der Waals surface area contributed by atoms with Gasteiger partial charge in [0.15, 0.2) is 0 Å². The fourth-order valence-corrected chi connectivity index (χ4v) is 2.80. The lowest BCUT2D eigenvalue weighted by molar-refractivity contribution is 0.0787. The molecule has 0 saturated carbocycles.